The monoisotopic (exact) mass is 179 g/mol. The Balaban J connectivity index is 2.62. The van der Waals surface area contributed by atoms with E-state index in [0.717, 1.165) is 0 Å². The fourth-order valence-corrected chi connectivity index (χ4v) is 2.71. The van der Waals surface area contributed by atoms with Crippen molar-refractivity contribution in [2.45, 2.75) is 18.4 Å². The lowest BCUT2D eigenvalue weighted by atomic mass is 9.97. The number of rotatable bonds is 1. The van der Waals surface area contributed by atoms with Crippen LogP contribution in [-0.4, -0.2) is 37.2 Å². The summed E-state index contributed by atoms with van der Waals surface area (Å²) in [5, 5.41) is 9.52. The third kappa shape index (κ3) is 2.15. The molecule has 5 heteroatoms. The largest absolute Gasteiger partial charge is 0.389 e. The molecule has 0 aromatic heterocycles. The standard InChI is InChI=1S/C6H13NO3S/c7-5-6(8)1-3-11(9,10)4-2-6/h8H,1-5,7H2. The molecule has 1 saturated heterocycles. The quantitative estimate of drug-likeness (QED) is 0.534. The van der Waals surface area contributed by atoms with E-state index in [2.05, 4.69) is 0 Å². The van der Waals surface area contributed by atoms with Gasteiger partial charge in [-0.3, -0.25) is 0 Å². The molecule has 1 fully saturated rings. The average molecular weight is 179 g/mol. The highest BCUT2D eigenvalue weighted by molar-refractivity contribution is 7.91. The molecule has 0 aromatic rings. The molecule has 1 aliphatic heterocycles. The topological polar surface area (TPSA) is 80.4 Å². The van der Waals surface area contributed by atoms with Crippen LogP contribution in [0.1, 0.15) is 12.8 Å². The Morgan fingerprint density at radius 1 is 1.36 bits per heavy atom. The average Bonchev–Trinajstić information content (AvgIpc) is 1.97. The smallest absolute Gasteiger partial charge is 0.150 e. The van der Waals surface area contributed by atoms with Gasteiger partial charge in [-0.15, -0.1) is 0 Å². The number of sulfone groups is 1. The van der Waals surface area contributed by atoms with Crippen LogP contribution >= 0.6 is 0 Å². The van der Waals surface area contributed by atoms with Gasteiger partial charge in [0.05, 0.1) is 17.1 Å². The van der Waals surface area contributed by atoms with Crippen molar-refractivity contribution in [3.8, 4) is 0 Å². The van der Waals surface area contributed by atoms with Gasteiger partial charge in [0.2, 0.25) is 0 Å². The Morgan fingerprint density at radius 2 is 1.82 bits per heavy atom. The fraction of sp³-hybridized carbons (Fsp3) is 1.00. The second kappa shape index (κ2) is 2.73. The van der Waals surface area contributed by atoms with Gasteiger partial charge in [-0.25, -0.2) is 8.42 Å². The highest BCUT2D eigenvalue weighted by Crippen LogP contribution is 2.21. The first-order valence-corrected chi connectivity index (χ1v) is 5.42. The lowest BCUT2D eigenvalue weighted by Crippen LogP contribution is -2.44. The lowest BCUT2D eigenvalue weighted by Gasteiger charge is -2.30. The van der Waals surface area contributed by atoms with Crippen molar-refractivity contribution < 1.29 is 13.5 Å². The summed E-state index contributed by atoms with van der Waals surface area (Å²) >= 11 is 0. The molecule has 4 nitrogen and oxygen atoms in total. The van der Waals surface area contributed by atoms with Gasteiger partial charge in [-0.1, -0.05) is 0 Å². The van der Waals surface area contributed by atoms with Crippen molar-refractivity contribution >= 4 is 9.84 Å². The van der Waals surface area contributed by atoms with E-state index in [1.54, 1.807) is 0 Å². The van der Waals surface area contributed by atoms with Crippen molar-refractivity contribution in [2.75, 3.05) is 18.1 Å². The predicted molar refractivity (Wildman–Crippen MR) is 41.9 cm³/mol. The highest BCUT2D eigenvalue weighted by atomic mass is 32.2. The van der Waals surface area contributed by atoms with E-state index in [-0.39, 0.29) is 30.9 Å². The van der Waals surface area contributed by atoms with Gasteiger partial charge in [-0.2, -0.15) is 0 Å². The normalized spacial score (nSPS) is 28.2. The highest BCUT2D eigenvalue weighted by Gasteiger charge is 2.33. The van der Waals surface area contributed by atoms with E-state index >= 15 is 0 Å². The molecule has 0 unspecified atom stereocenters. The molecule has 1 aliphatic rings. The summed E-state index contributed by atoms with van der Waals surface area (Å²) in [6.45, 7) is 0.155. The first-order chi connectivity index (χ1) is 4.97. The van der Waals surface area contributed by atoms with Gasteiger partial charge in [0.25, 0.3) is 0 Å². The van der Waals surface area contributed by atoms with Crippen molar-refractivity contribution in [3.05, 3.63) is 0 Å². The Kier molecular flexibility index (Phi) is 2.22. The van der Waals surface area contributed by atoms with E-state index in [9.17, 15) is 13.5 Å². The van der Waals surface area contributed by atoms with E-state index in [4.69, 9.17) is 5.73 Å². The maximum atomic E-state index is 10.9. The molecular formula is C6H13NO3S. The van der Waals surface area contributed by atoms with Crippen LogP contribution in [0.5, 0.6) is 0 Å². The van der Waals surface area contributed by atoms with Crippen LogP contribution < -0.4 is 5.73 Å². The predicted octanol–water partition coefficient (Wildman–Crippen LogP) is -1.12. The van der Waals surface area contributed by atoms with Gasteiger partial charge in [0.15, 0.2) is 9.84 Å². The summed E-state index contributed by atoms with van der Waals surface area (Å²) in [6.07, 6.45) is 0.567. The van der Waals surface area contributed by atoms with Crippen molar-refractivity contribution in [2.24, 2.45) is 5.73 Å². The van der Waals surface area contributed by atoms with Crippen LogP contribution in [-0.2, 0) is 9.84 Å². The van der Waals surface area contributed by atoms with Crippen LogP contribution in [0, 0.1) is 0 Å². The molecule has 1 rings (SSSR count). The van der Waals surface area contributed by atoms with Crippen LogP contribution in [0.25, 0.3) is 0 Å². The van der Waals surface area contributed by atoms with Crippen molar-refractivity contribution in [1.29, 1.82) is 0 Å². The molecule has 0 atom stereocenters. The van der Waals surface area contributed by atoms with Crippen LogP contribution in [0.3, 0.4) is 0 Å². The van der Waals surface area contributed by atoms with E-state index < -0.39 is 15.4 Å². The second-order valence-electron chi connectivity index (χ2n) is 3.08. The third-order valence-electron chi connectivity index (χ3n) is 2.14. The summed E-state index contributed by atoms with van der Waals surface area (Å²) in [4.78, 5) is 0. The van der Waals surface area contributed by atoms with Crippen LogP contribution in [0.2, 0.25) is 0 Å². The molecule has 0 radical (unpaired) electrons. The number of hydrogen-bond acceptors (Lipinski definition) is 4. The molecule has 66 valence electrons. The molecular weight excluding hydrogens is 166 g/mol. The number of nitrogens with two attached hydrogens (primary N) is 1. The third-order valence-corrected chi connectivity index (χ3v) is 3.79. The molecule has 1 heterocycles. The van der Waals surface area contributed by atoms with E-state index in [0.29, 0.717) is 0 Å². The first-order valence-electron chi connectivity index (χ1n) is 3.60. The molecule has 0 aliphatic carbocycles. The molecule has 0 aromatic carbocycles. The zero-order valence-electron chi connectivity index (χ0n) is 6.28. The summed E-state index contributed by atoms with van der Waals surface area (Å²) < 4.78 is 21.8. The van der Waals surface area contributed by atoms with Crippen molar-refractivity contribution in [3.63, 3.8) is 0 Å². The van der Waals surface area contributed by atoms with Crippen LogP contribution in [0.15, 0.2) is 0 Å². The SMILES string of the molecule is NCC1(O)CCS(=O)(=O)CC1. The van der Waals surface area contributed by atoms with Crippen molar-refractivity contribution in [1.82, 2.24) is 0 Å². The maximum absolute atomic E-state index is 10.9. The number of aliphatic hydroxyl groups is 1. The van der Waals surface area contributed by atoms with Gasteiger partial charge in [0.1, 0.15) is 0 Å². The summed E-state index contributed by atoms with van der Waals surface area (Å²) in [7, 11) is -2.88. The molecule has 11 heavy (non-hydrogen) atoms. The minimum atomic E-state index is -2.88. The molecule has 0 spiro atoms. The van der Waals surface area contributed by atoms with Crippen LogP contribution in [0.4, 0.5) is 0 Å². The summed E-state index contributed by atoms with van der Waals surface area (Å²) in [5.41, 5.74) is 4.36. The Bertz CT molecular complexity index is 220. The van der Waals surface area contributed by atoms with Gasteiger partial charge < -0.3 is 10.8 Å². The van der Waals surface area contributed by atoms with Gasteiger partial charge in [-0.05, 0) is 12.8 Å². The lowest BCUT2D eigenvalue weighted by molar-refractivity contribution is 0.0393. The fourth-order valence-electron chi connectivity index (χ4n) is 1.12. The Hall–Kier alpha value is -0.130. The van der Waals surface area contributed by atoms with E-state index in [1.165, 1.54) is 0 Å². The zero-order valence-corrected chi connectivity index (χ0v) is 7.10. The number of hydrogen-bond donors (Lipinski definition) is 2. The molecule has 3 N–H and O–H groups in total. The maximum Gasteiger partial charge on any atom is 0.150 e. The Labute approximate surface area is 66.3 Å². The molecule has 0 saturated carbocycles. The summed E-state index contributed by atoms with van der Waals surface area (Å²) in [6, 6.07) is 0. The first kappa shape index (κ1) is 8.96. The zero-order chi connectivity index (χ0) is 8.54. The summed E-state index contributed by atoms with van der Waals surface area (Å²) in [5.74, 6) is 0.140. The van der Waals surface area contributed by atoms with Gasteiger partial charge in [0, 0.05) is 6.54 Å². The minimum Gasteiger partial charge on any atom is -0.389 e. The second-order valence-corrected chi connectivity index (χ2v) is 5.38. The Morgan fingerprint density at radius 3 is 2.18 bits per heavy atom. The molecule has 0 bridgehead atoms. The van der Waals surface area contributed by atoms with E-state index in [1.807, 2.05) is 0 Å². The van der Waals surface area contributed by atoms with Gasteiger partial charge >= 0.3 is 0 Å². The minimum absolute atomic E-state index is 0.0701. The molecule has 0 amide bonds.